The van der Waals surface area contributed by atoms with Gasteiger partial charge in [-0.3, -0.25) is 4.79 Å². The largest absolute Gasteiger partial charge is 0.480 e. The Morgan fingerprint density at radius 2 is 2.44 bits per heavy atom. The average Bonchev–Trinajstić information content (AvgIpc) is 2.76. The van der Waals surface area contributed by atoms with Crippen LogP contribution < -0.4 is 0 Å². The van der Waals surface area contributed by atoms with E-state index < -0.39 is 12.0 Å². The summed E-state index contributed by atoms with van der Waals surface area (Å²) in [7, 11) is 0. The first kappa shape index (κ1) is 11.1. The van der Waals surface area contributed by atoms with Crippen molar-refractivity contribution in [3.05, 3.63) is 21.9 Å². The molecule has 2 rings (SSSR count). The molecule has 0 radical (unpaired) electrons. The van der Waals surface area contributed by atoms with Crippen LogP contribution in [-0.4, -0.2) is 27.9 Å². The Labute approximate surface area is 97.5 Å². The van der Waals surface area contributed by atoms with Crippen LogP contribution in [0, 0.1) is 6.92 Å². The first-order valence-electron chi connectivity index (χ1n) is 5.15. The predicted molar refractivity (Wildman–Crippen MR) is 60.3 cm³/mol. The monoisotopic (exact) mass is 239 g/mol. The molecule has 1 unspecified atom stereocenters. The summed E-state index contributed by atoms with van der Waals surface area (Å²) < 4.78 is 0. The molecule has 0 bridgehead atoms. The number of hydrogen-bond donors (Lipinski definition) is 1. The summed E-state index contributed by atoms with van der Waals surface area (Å²) in [4.78, 5) is 25.1. The summed E-state index contributed by atoms with van der Waals surface area (Å²) in [5, 5.41) is 11.0. The quantitative estimate of drug-likeness (QED) is 0.872. The van der Waals surface area contributed by atoms with Crippen LogP contribution in [-0.2, 0) is 16.1 Å². The number of carbonyl (C=O) groups is 2. The Balaban J connectivity index is 2.16. The standard InChI is InChI=1S/C11H13NO3S/c1-7-4-5-16-9(7)6-12-8(11(14)15)2-3-10(12)13/h4-5,8H,2-3,6H2,1H3,(H,14,15). The fourth-order valence-electron chi connectivity index (χ4n) is 1.91. The lowest BCUT2D eigenvalue weighted by Gasteiger charge is -2.21. The number of aliphatic carboxylic acids is 1. The molecule has 4 nitrogen and oxygen atoms in total. The molecule has 1 aliphatic rings. The molecule has 16 heavy (non-hydrogen) atoms. The van der Waals surface area contributed by atoms with E-state index in [1.807, 2.05) is 18.4 Å². The highest BCUT2D eigenvalue weighted by Crippen LogP contribution is 2.25. The second-order valence-corrected chi connectivity index (χ2v) is 4.94. The molecule has 2 heterocycles. The zero-order chi connectivity index (χ0) is 11.7. The molecular formula is C11H13NO3S. The summed E-state index contributed by atoms with van der Waals surface area (Å²) in [6.45, 7) is 2.40. The molecule has 0 aromatic carbocycles. The Hall–Kier alpha value is -1.36. The number of amides is 1. The highest BCUT2D eigenvalue weighted by atomic mass is 32.1. The Kier molecular flexibility index (Phi) is 2.96. The van der Waals surface area contributed by atoms with Gasteiger partial charge in [0, 0.05) is 11.3 Å². The summed E-state index contributed by atoms with van der Waals surface area (Å²) in [6.07, 6.45) is 0.778. The van der Waals surface area contributed by atoms with Crippen LogP contribution in [0.3, 0.4) is 0 Å². The van der Waals surface area contributed by atoms with Crippen molar-refractivity contribution in [2.45, 2.75) is 32.4 Å². The molecule has 1 aliphatic heterocycles. The van der Waals surface area contributed by atoms with E-state index in [1.165, 1.54) is 4.90 Å². The number of thiophene rings is 1. The van der Waals surface area contributed by atoms with Gasteiger partial charge in [0.15, 0.2) is 0 Å². The van der Waals surface area contributed by atoms with Gasteiger partial charge < -0.3 is 10.0 Å². The third kappa shape index (κ3) is 1.95. The number of carbonyl (C=O) groups excluding carboxylic acids is 1. The average molecular weight is 239 g/mol. The lowest BCUT2D eigenvalue weighted by atomic mass is 10.2. The van der Waals surface area contributed by atoms with Crippen molar-refractivity contribution >= 4 is 23.2 Å². The van der Waals surface area contributed by atoms with Crippen molar-refractivity contribution in [2.75, 3.05) is 0 Å². The fraction of sp³-hybridized carbons (Fsp3) is 0.455. The van der Waals surface area contributed by atoms with Gasteiger partial charge in [0.05, 0.1) is 6.54 Å². The van der Waals surface area contributed by atoms with E-state index in [-0.39, 0.29) is 5.91 Å². The van der Waals surface area contributed by atoms with E-state index in [1.54, 1.807) is 11.3 Å². The van der Waals surface area contributed by atoms with E-state index >= 15 is 0 Å². The number of hydrogen-bond acceptors (Lipinski definition) is 3. The van der Waals surface area contributed by atoms with Gasteiger partial charge in [0.2, 0.25) is 5.91 Å². The van der Waals surface area contributed by atoms with Crippen molar-refractivity contribution < 1.29 is 14.7 Å². The summed E-state index contributed by atoms with van der Waals surface area (Å²) in [5.74, 6) is -0.958. The Morgan fingerprint density at radius 3 is 3.00 bits per heavy atom. The predicted octanol–water partition coefficient (Wildman–Crippen LogP) is 1.63. The molecule has 1 amide bonds. The van der Waals surface area contributed by atoms with Gasteiger partial charge in [-0.15, -0.1) is 11.3 Å². The summed E-state index contributed by atoms with van der Waals surface area (Å²) in [5.41, 5.74) is 1.12. The maximum Gasteiger partial charge on any atom is 0.326 e. The summed E-state index contributed by atoms with van der Waals surface area (Å²) >= 11 is 1.57. The van der Waals surface area contributed by atoms with Gasteiger partial charge in [-0.05, 0) is 30.4 Å². The maximum absolute atomic E-state index is 11.6. The van der Waals surface area contributed by atoms with Gasteiger partial charge >= 0.3 is 5.97 Å². The molecule has 1 aromatic rings. The first-order chi connectivity index (χ1) is 7.59. The number of carboxylic acid groups (broad SMARTS) is 1. The van der Waals surface area contributed by atoms with E-state index in [9.17, 15) is 9.59 Å². The highest BCUT2D eigenvalue weighted by molar-refractivity contribution is 7.10. The molecule has 1 saturated heterocycles. The summed E-state index contributed by atoms with van der Waals surface area (Å²) in [6, 6.07) is 1.34. The molecule has 1 aromatic heterocycles. The lowest BCUT2D eigenvalue weighted by Crippen LogP contribution is -2.37. The van der Waals surface area contributed by atoms with Crippen molar-refractivity contribution in [3.8, 4) is 0 Å². The second kappa shape index (κ2) is 4.25. The second-order valence-electron chi connectivity index (χ2n) is 3.94. The van der Waals surface area contributed by atoms with Crippen LogP contribution >= 0.6 is 11.3 Å². The van der Waals surface area contributed by atoms with E-state index in [2.05, 4.69) is 0 Å². The van der Waals surface area contributed by atoms with Gasteiger partial charge in [0.25, 0.3) is 0 Å². The number of aryl methyl sites for hydroxylation is 1. The molecule has 1 N–H and O–H groups in total. The Bertz CT molecular complexity index is 427. The van der Waals surface area contributed by atoms with E-state index in [0.717, 1.165) is 10.4 Å². The zero-order valence-corrected chi connectivity index (χ0v) is 9.79. The highest BCUT2D eigenvalue weighted by Gasteiger charge is 2.36. The van der Waals surface area contributed by atoms with Crippen LogP contribution in [0.4, 0.5) is 0 Å². The third-order valence-electron chi connectivity index (χ3n) is 2.90. The van der Waals surface area contributed by atoms with Crippen LogP contribution in [0.5, 0.6) is 0 Å². The molecule has 0 saturated carbocycles. The fourth-order valence-corrected chi connectivity index (χ4v) is 2.81. The lowest BCUT2D eigenvalue weighted by molar-refractivity contribution is -0.146. The SMILES string of the molecule is Cc1ccsc1CN1C(=O)CCC1C(=O)O. The van der Waals surface area contributed by atoms with Gasteiger partial charge in [-0.2, -0.15) is 0 Å². The van der Waals surface area contributed by atoms with Crippen molar-refractivity contribution in [3.63, 3.8) is 0 Å². The molecule has 0 spiro atoms. The molecule has 0 aliphatic carbocycles. The normalized spacial score (nSPS) is 20.4. The van der Waals surface area contributed by atoms with Gasteiger partial charge in [-0.1, -0.05) is 0 Å². The third-order valence-corrected chi connectivity index (χ3v) is 3.90. The molecule has 5 heteroatoms. The first-order valence-corrected chi connectivity index (χ1v) is 6.03. The van der Waals surface area contributed by atoms with Crippen LogP contribution in [0.1, 0.15) is 23.3 Å². The molecular weight excluding hydrogens is 226 g/mol. The minimum Gasteiger partial charge on any atom is -0.480 e. The van der Waals surface area contributed by atoms with Crippen LogP contribution in [0.2, 0.25) is 0 Å². The van der Waals surface area contributed by atoms with E-state index in [4.69, 9.17) is 5.11 Å². The van der Waals surface area contributed by atoms with Crippen molar-refractivity contribution in [2.24, 2.45) is 0 Å². The smallest absolute Gasteiger partial charge is 0.326 e. The minimum absolute atomic E-state index is 0.0554. The van der Waals surface area contributed by atoms with Crippen molar-refractivity contribution in [1.82, 2.24) is 4.90 Å². The van der Waals surface area contributed by atoms with Crippen LogP contribution in [0.25, 0.3) is 0 Å². The minimum atomic E-state index is -0.903. The Morgan fingerprint density at radius 1 is 1.69 bits per heavy atom. The maximum atomic E-state index is 11.6. The van der Waals surface area contributed by atoms with E-state index in [0.29, 0.717) is 19.4 Å². The van der Waals surface area contributed by atoms with Gasteiger partial charge in [-0.25, -0.2) is 4.79 Å². The molecule has 1 fully saturated rings. The van der Waals surface area contributed by atoms with Crippen LogP contribution in [0.15, 0.2) is 11.4 Å². The number of nitrogens with zero attached hydrogens (tertiary/aromatic N) is 1. The zero-order valence-electron chi connectivity index (χ0n) is 8.97. The number of rotatable bonds is 3. The van der Waals surface area contributed by atoms with Crippen molar-refractivity contribution in [1.29, 1.82) is 0 Å². The van der Waals surface area contributed by atoms with Gasteiger partial charge in [0.1, 0.15) is 6.04 Å². The topological polar surface area (TPSA) is 57.6 Å². The molecule has 1 atom stereocenters. The molecule has 86 valence electrons. The number of carboxylic acids is 1. The number of likely N-dealkylation sites (tertiary alicyclic amines) is 1.